The second-order valence-corrected chi connectivity index (χ2v) is 7.45. The van der Waals surface area contributed by atoms with Crippen molar-refractivity contribution in [1.82, 2.24) is 10.2 Å². The zero-order valence-electron chi connectivity index (χ0n) is 17.1. The van der Waals surface area contributed by atoms with Crippen LogP contribution < -0.4 is 10.1 Å². The molecule has 0 aromatic heterocycles. The molecular weight excluding hydrogens is 364 g/mol. The first-order chi connectivity index (χ1) is 14.0. The van der Waals surface area contributed by atoms with E-state index in [0.717, 1.165) is 16.9 Å². The molecule has 0 aliphatic carbocycles. The maximum absolute atomic E-state index is 13.5. The predicted octanol–water partition coefficient (Wildman–Crippen LogP) is 3.62. The average Bonchev–Trinajstić information content (AvgIpc) is 2.79. The Kier molecular flexibility index (Phi) is 6.37. The number of hydrogen-bond donors (Lipinski definition) is 1. The zero-order chi connectivity index (χ0) is 20.9. The number of methoxy groups -OCH3 is 1. The quantitative estimate of drug-likeness (QED) is 0.764. The minimum atomic E-state index is -0.653. The number of nitrogens with one attached hydrogen (secondary N) is 1. The third-order valence-corrected chi connectivity index (χ3v) is 5.83. The van der Waals surface area contributed by atoms with E-state index in [0.29, 0.717) is 25.9 Å². The van der Waals surface area contributed by atoms with Crippen LogP contribution >= 0.6 is 0 Å². The molecule has 3 rings (SSSR count). The summed E-state index contributed by atoms with van der Waals surface area (Å²) in [5, 5.41) is 3.20. The molecule has 5 nitrogen and oxygen atoms in total. The van der Waals surface area contributed by atoms with Gasteiger partial charge in [-0.2, -0.15) is 0 Å². The number of carbonyl (C=O) groups is 2. The number of nitrogens with zero attached hydrogens (tertiary/aromatic N) is 1. The topological polar surface area (TPSA) is 58.6 Å². The molecule has 1 heterocycles. The van der Waals surface area contributed by atoms with Crippen molar-refractivity contribution in [2.75, 3.05) is 20.2 Å². The third kappa shape index (κ3) is 4.34. The highest BCUT2D eigenvalue weighted by molar-refractivity contribution is 5.90. The van der Waals surface area contributed by atoms with Gasteiger partial charge >= 0.3 is 0 Å². The number of benzene rings is 2. The first-order valence-corrected chi connectivity index (χ1v) is 9.92. The summed E-state index contributed by atoms with van der Waals surface area (Å²) in [5.41, 5.74) is 1.35. The Bertz CT molecular complexity index is 853. The highest BCUT2D eigenvalue weighted by Gasteiger charge is 2.43. The molecule has 1 aliphatic rings. The molecule has 5 heteroatoms. The summed E-state index contributed by atoms with van der Waals surface area (Å²) < 4.78 is 5.21. The molecular formula is C24H28N2O3. The molecule has 1 N–H and O–H groups in total. The van der Waals surface area contributed by atoms with E-state index in [1.54, 1.807) is 12.0 Å². The maximum atomic E-state index is 13.5. The Morgan fingerprint density at radius 1 is 1.10 bits per heavy atom. The molecule has 0 bridgehead atoms. The molecule has 0 saturated carbocycles. The first kappa shape index (κ1) is 20.6. The van der Waals surface area contributed by atoms with E-state index in [9.17, 15) is 9.59 Å². The van der Waals surface area contributed by atoms with Crippen molar-refractivity contribution in [2.24, 2.45) is 0 Å². The van der Waals surface area contributed by atoms with Crippen molar-refractivity contribution < 1.29 is 14.3 Å². The monoisotopic (exact) mass is 392 g/mol. The Morgan fingerprint density at radius 3 is 2.28 bits per heavy atom. The van der Waals surface area contributed by atoms with Gasteiger partial charge < -0.3 is 15.0 Å². The Balaban J connectivity index is 1.82. The molecule has 1 saturated heterocycles. The lowest BCUT2D eigenvalue weighted by Crippen LogP contribution is -2.53. The number of rotatable bonds is 6. The lowest BCUT2D eigenvalue weighted by Gasteiger charge is -2.41. The first-order valence-electron chi connectivity index (χ1n) is 9.92. The summed E-state index contributed by atoms with van der Waals surface area (Å²) in [4.78, 5) is 27.3. The molecule has 1 aliphatic heterocycles. The van der Waals surface area contributed by atoms with E-state index in [4.69, 9.17) is 4.74 Å². The van der Waals surface area contributed by atoms with E-state index in [2.05, 4.69) is 11.9 Å². The number of hydrogen-bond acceptors (Lipinski definition) is 3. The number of likely N-dealkylation sites (tertiary alicyclic amines) is 1. The molecule has 2 amide bonds. The largest absolute Gasteiger partial charge is 0.497 e. The summed E-state index contributed by atoms with van der Waals surface area (Å²) in [5.74, 6) is 0.698. The number of ether oxygens (including phenoxy) is 1. The van der Waals surface area contributed by atoms with Crippen molar-refractivity contribution >= 4 is 11.8 Å². The smallest absolute Gasteiger partial charge is 0.245 e. The Hall–Kier alpha value is -3.08. The minimum Gasteiger partial charge on any atom is -0.497 e. The molecule has 1 atom stereocenters. The highest BCUT2D eigenvalue weighted by atomic mass is 16.5. The molecule has 1 unspecified atom stereocenters. The van der Waals surface area contributed by atoms with Gasteiger partial charge in [0.2, 0.25) is 11.8 Å². The standard InChI is InChI=1S/C24H28N2O3/c1-4-22(27)26-16-14-24(15-17-26,20-8-6-5-7-9-20)23(28)25-18(2)19-10-12-21(29-3)13-11-19/h4-13,18H,1,14-17H2,2-3H3,(H,25,28). The fourth-order valence-electron chi connectivity index (χ4n) is 3.95. The van der Waals surface area contributed by atoms with E-state index in [1.807, 2.05) is 61.5 Å². The summed E-state index contributed by atoms with van der Waals surface area (Å²) in [6.07, 6.45) is 2.50. The predicted molar refractivity (Wildman–Crippen MR) is 114 cm³/mol. The van der Waals surface area contributed by atoms with Crippen molar-refractivity contribution in [3.63, 3.8) is 0 Å². The van der Waals surface area contributed by atoms with Crippen molar-refractivity contribution in [2.45, 2.75) is 31.2 Å². The second-order valence-electron chi connectivity index (χ2n) is 7.45. The van der Waals surface area contributed by atoms with Crippen LogP contribution in [0.3, 0.4) is 0 Å². The van der Waals surface area contributed by atoms with Crippen LogP contribution in [-0.4, -0.2) is 36.9 Å². The summed E-state index contributed by atoms with van der Waals surface area (Å²) >= 11 is 0. The molecule has 2 aromatic carbocycles. The normalized spacial score (nSPS) is 16.6. The average molecular weight is 392 g/mol. The summed E-state index contributed by atoms with van der Waals surface area (Å²) in [6.45, 7) is 6.62. The van der Waals surface area contributed by atoms with E-state index in [-0.39, 0.29) is 17.9 Å². The van der Waals surface area contributed by atoms with Crippen LogP contribution in [0.1, 0.15) is 36.9 Å². The fraction of sp³-hybridized carbons (Fsp3) is 0.333. The van der Waals surface area contributed by atoms with Crippen LogP contribution in [0, 0.1) is 0 Å². The van der Waals surface area contributed by atoms with Crippen LogP contribution in [-0.2, 0) is 15.0 Å². The molecule has 1 fully saturated rings. The molecule has 152 valence electrons. The van der Waals surface area contributed by atoms with E-state index >= 15 is 0 Å². The molecule has 0 spiro atoms. The number of amides is 2. The maximum Gasteiger partial charge on any atom is 0.245 e. The van der Waals surface area contributed by atoms with Gasteiger partial charge in [-0.05, 0) is 49.1 Å². The van der Waals surface area contributed by atoms with Gasteiger partial charge in [0.15, 0.2) is 0 Å². The Morgan fingerprint density at radius 2 is 1.72 bits per heavy atom. The third-order valence-electron chi connectivity index (χ3n) is 5.83. The van der Waals surface area contributed by atoms with Gasteiger partial charge in [0, 0.05) is 13.1 Å². The minimum absolute atomic E-state index is 0.00211. The molecule has 0 radical (unpaired) electrons. The van der Waals surface area contributed by atoms with Crippen LogP contribution in [0.5, 0.6) is 5.75 Å². The van der Waals surface area contributed by atoms with E-state index in [1.165, 1.54) is 6.08 Å². The van der Waals surface area contributed by atoms with Crippen molar-refractivity contribution in [3.05, 3.63) is 78.4 Å². The van der Waals surface area contributed by atoms with Gasteiger partial charge in [0.25, 0.3) is 0 Å². The molecule has 2 aromatic rings. The van der Waals surface area contributed by atoms with Crippen LogP contribution in [0.4, 0.5) is 0 Å². The fourth-order valence-corrected chi connectivity index (χ4v) is 3.95. The van der Waals surface area contributed by atoms with Gasteiger partial charge in [-0.3, -0.25) is 9.59 Å². The SMILES string of the molecule is C=CC(=O)N1CCC(C(=O)NC(C)c2ccc(OC)cc2)(c2ccccc2)CC1. The summed E-state index contributed by atoms with van der Waals surface area (Å²) in [6, 6.07) is 17.4. The van der Waals surface area contributed by atoms with Crippen LogP contribution in [0.2, 0.25) is 0 Å². The van der Waals surface area contributed by atoms with Crippen molar-refractivity contribution in [1.29, 1.82) is 0 Å². The number of carbonyl (C=O) groups excluding carboxylic acids is 2. The lowest BCUT2D eigenvalue weighted by molar-refractivity contribution is -0.134. The highest BCUT2D eigenvalue weighted by Crippen LogP contribution is 2.36. The summed E-state index contributed by atoms with van der Waals surface area (Å²) in [7, 11) is 1.63. The van der Waals surface area contributed by atoms with Gasteiger partial charge in [0.1, 0.15) is 5.75 Å². The van der Waals surface area contributed by atoms with Gasteiger partial charge in [-0.15, -0.1) is 0 Å². The molecule has 29 heavy (non-hydrogen) atoms. The van der Waals surface area contributed by atoms with Crippen molar-refractivity contribution in [3.8, 4) is 5.75 Å². The second kappa shape index (κ2) is 8.95. The van der Waals surface area contributed by atoms with Crippen LogP contribution in [0.25, 0.3) is 0 Å². The Labute approximate surface area is 172 Å². The number of piperidine rings is 1. The van der Waals surface area contributed by atoms with Gasteiger partial charge in [0.05, 0.1) is 18.6 Å². The zero-order valence-corrected chi connectivity index (χ0v) is 17.1. The van der Waals surface area contributed by atoms with E-state index < -0.39 is 5.41 Å². The van der Waals surface area contributed by atoms with Gasteiger partial charge in [-0.25, -0.2) is 0 Å². The van der Waals surface area contributed by atoms with Crippen LogP contribution in [0.15, 0.2) is 67.3 Å². The lowest BCUT2D eigenvalue weighted by atomic mass is 9.71. The van der Waals surface area contributed by atoms with Gasteiger partial charge in [-0.1, -0.05) is 49.0 Å².